The van der Waals surface area contributed by atoms with Crippen molar-refractivity contribution in [1.82, 2.24) is 10.2 Å². The summed E-state index contributed by atoms with van der Waals surface area (Å²) >= 11 is 5.53. The van der Waals surface area contributed by atoms with E-state index in [9.17, 15) is 0 Å². The van der Waals surface area contributed by atoms with Crippen molar-refractivity contribution in [2.45, 2.75) is 0 Å². The molecule has 0 spiro atoms. The van der Waals surface area contributed by atoms with Crippen LogP contribution >= 0.6 is 36.4 Å². The second-order valence-corrected chi connectivity index (χ2v) is 1.84. The number of hydrogen-bond donors (Lipinski definition) is 2. The Morgan fingerprint density at radius 3 is 2.45 bits per heavy atom. The molecule has 64 valence electrons. The third kappa shape index (κ3) is 4.21. The molecule has 7 heteroatoms. The van der Waals surface area contributed by atoms with Crippen LogP contribution in [0.15, 0.2) is 12.3 Å². The average Bonchev–Trinajstić information content (AvgIpc) is 1.88. The summed E-state index contributed by atoms with van der Waals surface area (Å²) in [5, 5.41) is 7.63. The van der Waals surface area contributed by atoms with Gasteiger partial charge in [-0.1, -0.05) is 11.6 Å². The van der Waals surface area contributed by atoms with Gasteiger partial charge in [-0.15, -0.1) is 29.9 Å². The predicted octanol–water partition coefficient (Wildman–Crippen LogP) is 1.26. The summed E-state index contributed by atoms with van der Waals surface area (Å²) in [6.07, 6.45) is 1.43. The standard InChI is InChI=1S/C4H5ClN4.2ClH/c5-3-1-4(8-6)9-7-2-3;;/h1-2H,6H2,(H,8,9);2*1H. The summed E-state index contributed by atoms with van der Waals surface area (Å²) in [5.41, 5.74) is 2.31. The van der Waals surface area contributed by atoms with Crippen molar-refractivity contribution in [3.63, 3.8) is 0 Å². The fourth-order valence-electron chi connectivity index (χ4n) is 0.414. The lowest BCUT2D eigenvalue weighted by molar-refractivity contribution is 1.02. The van der Waals surface area contributed by atoms with Crippen LogP contribution in [0.2, 0.25) is 5.02 Å². The first-order valence-corrected chi connectivity index (χ1v) is 2.65. The first-order chi connectivity index (χ1) is 4.33. The summed E-state index contributed by atoms with van der Waals surface area (Å²) in [7, 11) is 0. The summed E-state index contributed by atoms with van der Waals surface area (Å²) < 4.78 is 0. The van der Waals surface area contributed by atoms with Crippen LogP contribution in [0.1, 0.15) is 0 Å². The van der Waals surface area contributed by atoms with Gasteiger partial charge < -0.3 is 5.43 Å². The van der Waals surface area contributed by atoms with Crippen molar-refractivity contribution in [1.29, 1.82) is 0 Å². The van der Waals surface area contributed by atoms with E-state index in [-0.39, 0.29) is 24.8 Å². The molecule has 1 aromatic heterocycles. The van der Waals surface area contributed by atoms with E-state index >= 15 is 0 Å². The summed E-state index contributed by atoms with van der Waals surface area (Å²) in [6.45, 7) is 0. The van der Waals surface area contributed by atoms with Crippen LogP contribution in [0.5, 0.6) is 0 Å². The molecule has 1 rings (SSSR count). The smallest absolute Gasteiger partial charge is 0.164 e. The Morgan fingerprint density at radius 1 is 1.45 bits per heavy atom. The van der Waals surface area contributed by atoms with Gasteiger partial charge in [-0.2, -0.15) is 5.10 Å². The molecule has 0 atom stereocenters. The van der Waals surface area contributed by atoms with Crippen molar-refractivity contribution in [2.24, 2.45) is 5.84 Å². The highest BCUT2D eigenvalue weighted by Crippen LogP contribution is 2.07. The largest absolute Gasteiger partial charge is 0.307 e. The Bertz CT molecular complexity index is 206. The van der Waals surface area contributed by atoms with Crippen molar-refractivity contribution in [3.05, 3.63) is 17.3 Å². The van der Waals surface area contributed by atoms with Gasteiger partial charge in [0.2, 0.25) is 0 Å². The molecular weight excluding hydrogens is 210 g/mol. The van der Waals surface area contributed by atoms with Crippen LogP contribution in [0.3, 0.4) is 0 Å². The topological polar surface area (TPSA) is 63.8 Å². The zero-order valence-corrected chi connectivity index (χ0v) is 7.71. The van der Waals surface area contributed by atoms with E-state index in [0.29, 0.717) is 10.8 Å². The Hall–Kier alpha value is -0.290. The van der Waals surface area contributed by atoms with E-state index in [2.05, 4.69) is 15.6 Å². The Kier molecular flexibility index (Phi) is 7.77. The van der Waals surface area contributed by atoms with E-state index in [0.717, 1.165) is 0 Å². The molecule has 0 aliphatic rings. The number of hydrazine groups is 1. The lowest BCUT2D eigenvalue weighted by atomic mass is 10.5. The summed E-state index contributed by atoms with van der Waals surface area (Å²) in [5.74, 6) is 5.47. The van der Waals surface area contributed by atoms with Gasteiger partial charge in [0.25, 0.3) is 0 Å². The predicted molar refractivity (Wildman–Crippen MR) is 49.3 cm³/mol. The highest BCUT2D eigenvalue weighted by atomic mass is 35.5. The lowest BCUT2D eigenvalue weighted by Crippen LogP contribution is -2.08. The molecule has 1 aromatic rings. The minimum atomic E-state index is 0. The van der Waals surface area contributed by atoms with E-state index < -0.39 is 0 Å². The van der Waals surface area contributed by atoms with E-state index in [1.165, 1.54) is 6.20 Å². The quantitative estimate of drug-likeness (QED) is 0.549. The highest BCUT2D eigenvalue weighted by molar-refractivity contribution is 6.30. The third-order valence-electron chi connectivity index (χ3n) is 0.769. The van der Waals surface area contributed by atoms with Gasteiger partial charge in [-0.3, -0.25) is 0 Å². The fraction of sp³-hybridized carbons (Fsp3) is 0. The summed E-state index contributed by atoms with van der Waals surface area (Å²) in [4.78, 5) is 0. The molecule has 11 heavy (non-hydrogen) atoms. The molecule has 0 saturated carbocycles. The van der Waals surface area contributed by atoms with E-state index in [1.54, 1.807) is 6.07 Å². The molecule has 0 aliphatic heterocycles. The van der Waals surface area contributed by atoms with Gasteiger partial charge in [-0.25, -0.2) is 5.84 Å². The van der Waals surface area contributed by atoms with Crippen LogP contribution in [0, 0.1) is 0 Å². The van der Waals surface area contributed by atoms with Gasteiger partial charge >= 0.3 is 0 Å². The van der Waals surface area contributed by atoms with Gasteiger partial charge in [0.15, 0.2) is 5.82 Å². The normalized spacial score (nSPS) is 7.45. The molecule has 0 aliphatic carbocycles. The number of nitrogens with one attached hydrogen (secondary N) is 1. The number of anilines is 1. The monoisotopic (exact) mass is 216 g/mol. The van der Waals surface area contributed by atoms with Crippen LogP contribution < -0.4 is 11.3 Å². The van der Waals surface area contributed by atoms with Gasteiger partial charge in [-0.05, 0) is 0 Å². The van der Waals surface area contributed by atoms with Gasteiger partial charge in [0.05, 0.1) is 11.2 Å². The molecule has 0 saturated heterocycles. The fourth-order valence-corrected chi connectivity index (χ4v) is 0.560. The maximum Gasteiger partial charge on any atom is 0.164 e. The molecule has 4 nitrogen and oxygen atoms in total. The van der Waals surface area contributed by atoms with Crippen LogP contribution in [0.4, 0.5) is 5.82 Å². The molecule has 0 fully saturated rings. The van der Waals surface area contributed by atoms with Crippen LogP contribution in [0.25, 0.3) is 0 Å². The maximum atomic E-state index is 5.53. The zero-order chi connectivity index (χ0) is 6.69. The van der Waals surface area contributed by atoms with Gasteiger partial charge in [0.1, 0.15) is 0 Å². The number of hydrogen-bond acceptors (Lipinski definition) is 4. The minimum absolute atomic E-state index is 0. The number of nitrogen functional groups attached to an aromatic ring is 1. The van der Waals surface area contributed by atoms with Gasteiger partial charge in [0, 0.05) is 6.07 Å². The number of nitrogens with two attached hydrogens (primary N) is 1. The second-order valence-electron chi connectivity index (χ2n) is 1.40. The first-order valence-electron chi connectivity index (χ1n) is 2.28. The van der Waals surface area contributed by atoms with Crippen molar-refractivity contribution >= 4 is 42.2 Å². The molecule has 1 heterocycles. The highest BCUT2D eigenvalue weighted by Gasteiger charge is 1.90. The summed E-state index contributed by atoms with van der Waals surface area (Å²) in [6, 6.07) is 1.58. The first kappa shape index (κ1) is 13.3. The molecule has 0 bridgehead atoms. The molecular formula is C4H7Cl3N4. The number of rotatable bonds is 1. The molecule has 0 amide bonds. The third-order valence-corrected chi connectivity index (χ3v) is 0.976. The van der Waals surface area contributed by atoms with Crippen LogP contribution in [-0.4, -0.2) is 10.2 Å². The van der Waals surface area contributed by atoms with E-state index in [1.807, 2.05) is 0 Å². The number of halogens is 3. The Morgan fingerprint density at radius 2 is 2.09 bits per heavy atom. The molecule has 0 radical (unpaired) electrons. The maximum absolute atomic E-state index is 5.53. The van der Waals surface area contributed by atoms with Crippen molar-refractivity contribution in [3.8, 4) is 0 Å². The zero-order valence-electron chi connectivity index (χ0n) is 5.32. The minimum Gasteiger partial charge on any atom is -0.307 e. The lowest BCUT2D eigenvalue weighted by Gasteiger charge is -1.94. The second kappa shape index (κ2) is 6.42. The van der Waals surface area contributed by atoms with Crippen molar-refractivity contribution in [2.75, 3.05) is 5.43 Å². The average molecular weight is 217 g/mol. The number of nitrogens with zero attached hydrogens (tertiary/aromatic N) is 2. The molecule has 3 N–H and O–H groups in total. The van der Waals surface area contributed by atoms with E-state index in [4.69, 9.17) is 17.4 Å². The Balaban J connectivity index is 0. The SMILES string of the molecule is Cl.Cl.NNc1cc(Cl)cnn1. The molecule has 0 unspecified atom stereocenters. The van der Waals surface area contributed by atoms with Crippen molar-refractivity contribution < 1.29 is 0 Å². The molecule has 0 aromatic carbocycles. The van der Waals surface area contributed by atoms with Crippen LogP contribution in [-0.2, 0) is 0 Å². The Labute approximate surface area is 81.3 Å². The number of aromatic nitrogens is 2.